The normalized spacial score (nSPS) is 22.2. The van der Waals surface area contributed by atoms with E-state index in [0.717, 1.165) is 45.3 Å². The van der Waals surface area contributed by atoms with Gasteiger partial charge in [0.25, 0.3) is 0 Å². The van der Waals surface area contributed by atoms with Crippen LogP contribution >= 0.6 is 0 Å². The quantitative estimate of drug-likeness (QED) is 0.610. The van der Waals surface area contributed by atoms with Crippen LogP contribution in [0, 0.1) is 0 Å². The van der Waals surface area contributed by atoms with E-state index in [0.29, 0.717) is 5.92 Å². The molecule has 0 bridgehead atoms. The van der Waals surface area contributed by atoms with E-state index in [1.807, 2.05) is 6.08 Å². The zero-order chi connectivity index (χ0) is 19.7. The van der Waals surface area contributed by atoms with Gasteiger partial charge in [0.05, 0.1) is 5.60 Å². The lowest BCUT2D eigenvalue weighted by Crippen LogP contribution is -2.19. The maximum Gasteiger partial charge on any atom is 0.0830 e. The van der Waals surface area contributed by atoms with Gasteiger partial charge in [0.15, 0.2) is 0 Å². The highest BCUT2D eigenvalue weighted by molar-refractivity contribution is 5.86. The molecule has 2 heterocycles. The van der Waals surface area contributed by atoms with Crippen molar-refractivity contribution in [1.29, 1.82) is 0 Å². The number of rotatable bonds is 5. The predicted molar refractivity (Wildman–Crippen MR) is 120 cm³/mol. The van der Waals surface area contributed by atoms with E-state index in [1.165, 1.54) is 34.0 Å². The highest BCUT2D eigenvalue weighted by Crippen LogP contribution is 2.34. The van der Waals surface area contributed by atoms with Crippen molar-refractivity contribution in [3.05, 3.63) is 77.5 Å². The molecule has 3 aromatic rings. The van der Waals surface area contributed by atoms with Crippen molar-refractivity contribution in [2.45, 2.75) is 50.2 Å². The molecule has 1 saturated heterocycles. The summed E-state index contributed by atoms with van der Waals surface area (Å²) in [4.78, 5) is 6.04. The van der Waals surface area contributed by atoms with Crippen LogP contribution in [0.2, 0.25) is 0 Å². The molecule has 1 saturated carbocycles. The standard InChI is InChI=1S/C26H30N2O/c29-26(12-4-5-13-26)14-10-20-8-9-25-23(16-20)24(17-27-25)22-11-15-28(19-22)18-21-6-2-1-3-7-21/h1-3,6-10,14,16-17,22,27,29H,4-5,11-13,15,18-19H2/b14-10+. The third-order valence-electron chi connectivity index (χ3n) is 6.75. The second-order valence-electron chi connectivity index (χ2n) is 8.90. The summed E-state index contributed by atoms with van der Waals surface area (Å²) in [7, 11) is 0. The molecule has 2 aliphatic rings. The van der Waals surface area contributed by atoms with Crippen LogP contribution in [-0.4, -0.2) is 33.7 Å². The Hall–Kier alpha value is -2.36. The average molecular weight is 387 g/mol. The summed E-state index contributed by atoms with van der Waals surface area (Å²) in [6.45, 7) is 3.30. The average Bonchev–Trinajstić information content (AvgIpc) is 3.47. The van der Waals surface area contributed by atoms with E-state index in [9.17, 15) is 5.11 Å². The number of likely N-dealkylation sites (tertiary alicyclic amines) is 1. The summed E-state index contributed by atoms with van der Waals surface area (Å²) in [5.74, 6) is 0.575. The lowest BCUT2D eigenvalue weighted by molar-refractivity contribution is 0.100. The zero-order valence-corrected chi connectivity index (χ0v) is 17.0. The molecule has 0 spiro atoms. The number of fused-ring (bicyclic) bond motifs is 1. The van der Waals surface area contributed by atoms with Crippen molar-refractivity contribution < 1.29 is 5.11 Å². The van der Waals surface area contributed by atoms with Crippen LogP contribution in [0.3, 0.4) is 0 Å². The molecule has 2 fully saturated rings. The van der Waals surface area contributed by atoms with Gasteiger partial charge in [-0.1, -0.05) is 61.4 Å². The first kappa shape index (κ1) is 18.7. The Labute approximate surface area is 173 Å². The Morgan fingerprint density at radius 1 is 1.10 bits per heavy atom. The molecule has 1 unspecified atom stereocenters. The molecule has 1 aliphatic heterocycles. The number of benzene rings is 2. The fourth-order valence-electron chi connectivity index (χ4n) is 5.08. The van der Waals surface area contributed by atoms with Gasteiger partial charge in [0, 0.05) is 30.2 Å². The Bertz CT molecular complexity index is 998. The van der Waals surface area contributed by atoms with E-state index in [2.05, 4.69) is 70.7 Å². The molecule has 150 valence electrons. The molecule has 1 aromatic heterocycles. The number of H-pyrrole nitrogens is 1. The van der Waals surface area contributed by atoms with Crippen LogP contribution < -0.4 is 0 Å². The monoisotopic (exact) mass is 386 g/mol. The fraction of sp³-hybridized carbons (Fsp3) is 0.385. The second-order valence-corrected chi connectivity index (χ2v) is 8.90. The Morgan fingerprint density at radius 3 is 2.76 bits per heavy atom. The lowest BCUT2D eigenvalue weighted by Gasteiger charge is -2.16. The summed E-state index contributed by atoms with van der Waals surface area (Å²) < 4.78 is 0. The SMILES string of the molecule is OC1(/C=C/c2ccc3[nH]cc(C4CCN(Cc5ccccc5)C4)c3c2)CCCC1. The van der Waals surface area contributed by atoms with Gasteiger partial charge in [-0.3, -0.25) is 4.90 Å². The molecule has 2 aromatic carbocycles. The summed E-state index contributed by atoms with van der Waals surface area (Å²) in [6.07, 6.45) is 11.6. The van der Waals surface area contributed by atoms with Gasteiger partial charge in [-0.05, 0) is 60.5 Å². The third-order valence-corrected chi connectivity index (χ3v) is 6.75. The summed E-state index contributed by atoms with van der Waals surface area (Å²) in [6, 6.07) is 17.4. The van der Waals surface area contributed by atoms with Gasteiger partial charge >= 0.3 is 0 Å². The first-order valence-electron chi connectivity index (χ1n) is 11.0. The molecule has 3 heteroatoms. The number of nitrogens with zero attached hydrogens (tertiary/aromatic N) is 1. The summed E-state index contributed by atoms with van der Waals surface area (Å²) in [5, 5.41) is 11.9. The predicted octanol–water partition coefficient (Wildman–Crippen LogP) is 5.48. The highest BCUT2D eigenvalue weighted by Gasteiger charge is 2.28. The van der Waals surface area contributed by atoms with E-state index in [4.69, 9.17) is 0 Å². The largest absolute Gasteiger partial charge is 0.386 e. The number of hydrogen-bond donors (Lipinski definition) is 2. The van der Waals surface area contributed by atoms with Gasteiger partial charge in [0.1, 0.15) is 0 Å². The number of hydrogen-bond acceptors (Lipinski definition) is 2. The molecular weight excluding hydrogens is 356 g/mol. The van der Waals surface area contributed by atoms with Gasteiger partial charge in [-0.15, -0.1) is 0 Å². The maximum atomic E-state index is 10.6. The summed E-state index contributed by atoms with van der Waals surface area (Å²) >= 11 is 0. The molecule has 0 amide bonds. The molecule has 29 heavy (non-hydrogen) atoms. The molecular formula is C26H30N2O. The Morgan fingerprint density at radius 2 is 1.93 bits per heavy atom. The van der Waals surface area contributed by atoms with Crippen molar-refractivity contribution in [1.82, 2.24) is 9.88 Å². The maximum absolute atomic E-state index is 10.6. The van der Waals surface area contributed by atoms with Crippen molar-refractivity contribution in [2.75, 3.05) is 13.1 Å². The van der Waals surface area contributed by atoms with Crippen molar-refractivity contribution >= 4 is 17.0 Å². The molecule has 2 N–H and O–H groups in total. The van der Waals surface area contributed by atoms with Crippen molar-refractivity contribution in [3.63, 3.8) is 0 Å². The van der Waals surface area contributed by atoms with Gasteiger partial charge in [-0.2, -0.15) is 0 Å². The molecule has 5 rings (SSSR count). The molecule has 1 atom stereocenters. The number of aliphatic hydroxyl groups is 1. The second kappa shape index (κ2) is 7.81. The minimum absolute atomic E-state index is 0.575. The number of aromatic nitrogens is 1. The van der Waals surface area contributed by atoms with E-state index < -0.39 is 5.60 Å². The third kappa shape index (κ3) is 4.03. The number of nitrogens with one attached hydrogen (secondary N) is 1. The first-order chi connectivity index (χ1) is 14.2. The van der Waals surface area contributed by atoms with Gasteiger partial charge < -0.3 is 10.1 Å². The number of aromatic amines is 1. The van der Waals surface area contributed by atoms with Crippen LogP contribution in [0.5, 0.6) is 0 Å². The minimum Gasteiger partial charge on any atom is -0.386 e. The first-order valence-corrected chi connectivity index (χ1v) is 11.0. The molecule has 1 aliphatic carbocycles. The van der Waals surface area contributed by atoms with Crippen LogP contribution in [-0.2, 0) is 6.54 Å². The smallest absolute Gasteiger partial charge is 0.0830 e. The molecule has 3 nitrogen and oxygen atoms in total. The Balaban J connectivity index is 1.33. The lowest BCUT2D eigenvalue weighted by atomic mass is 9.96. The van der Waals surface area contributed by atoms with E-state index in [-0.39, 0.29) is 0 Å². The van der Waals surface area contributed by atoms with E-state index >= 15 is 0 Å². The van der Waals surface area contributed by atoms with Crippen molar-refractivity contribution in [2.24, 2.45) is 0 Å². The summed E-state index contributed by atoms with van der Waals surface area (Å²) in [5.41, 5.74) is 4.62. The van der Waals surface area contributed by atoms with Crippen LogP contribution in [0.1, 0.15) is 54.7 Å². The fourth-order valence-corrected chi connectivity index (χ4v) is 5.08. The molecule has 0 radical (unpaired) electrons. The highest BCUT2D eigenvalue weighted by atomic mass is 16.3. The topological polar surface area (TPSA) is 39.3 Å². The van der Waals surface area contributed by atoms with Gasteiger partial charge in [0.2, 0.25) is 0 Å². The van der Waals surface area contributed by atoms with E-state index in [1.54, 1.807) is 0 Å². The minimum atomic E-state index is -0.598. The van der Waals surface area contributed by atoms with Crippen molar-refractivity contribution in [3.8, 4) is 0 Å². The van der Waals surface area contributed by atoms with Gasteiger partial charge in [-0.25, -0.2) is 0 Å². The van der Waals surface area contributed by atoms with Crippen LogP contribution in [0.4, 0.5) is 0 Å². The van der Waals surface area contributed by atoms with Crippen LogP contribution in [0.25, 0.3) is 17.0 Å². The van der Waals surface area contributed by atoms with Crippen LogP contribution in [0.15, 0.2) is 60.8 Å². The zero-order valence-electron chi connectivity index (χ0n) is 17.0. The Kier molecular flexibility index (Phi) is 5.03.